The summed E-state index contributed by atoms with van der Waals surface area (Å²) in [6.45, 7) is 0.405. The summed E-state index contributed by atoms with van der Waals surface area (Å²) in [6.07, 6.45) is 1.86. The predicted octanol–water partition coefficient (Wildman–Crippen LogP) is 3.08. The van der Waals surface area contributed by atoms with Crippen LogP contribution in [0.2, 0.25) is 0 Å². The fourth-order valence-electron chi connectivity index (χ4n) is 2.92. The van der Waals surface area contributed by atoms with E-state index in [1.54, 1.807) is 6.07 Å². The van der Waals surface area contributed by atoms with Crippen molar-refractivity contribution >= 4 is 33.6 Å². The van der Waals surface area contributed by atoms with Crippen LogP contribution in [-0.4, -0.2) is 14.5 Å². The number of aromatic nitrogens is 3. The summed E-state index contributed by atoms with van der Waals surface area (Å²) in [6, 6.07) is 9.48. The Bertz CT molecular complexity index is 1090. The fraction of sp³-hybridized carbons (Fsp3) is 0.0588. The minimum absolute atomic E-state index is 0.126. The first-order chi connectivity index (χ1) is 11.5. The molecule has 0 amide bonds. The number of nitrogens with zero attached hydrogens (tertiary/aromatic N) is 3. The molecule has 0 aliphatic heterocycles. The van der Waals surface area contributed by atoms with E-state index in [1.165, 1.54) is 6.07 Å². The van der Waals surface area contributed by atoms with Crippen molar-refractivity contribution in [2.45, 2.75) is 6.54 Å². The number of hydrogen-bond donors (Lipinski definition) is 2. The average Bonchev–Trinajstić information content (AvgIpc) is 2.93. The topological polar surface area (TPSA) is 82.7 Å². The highest BCUT2D eigenvalue weighted by Gasteiger charge is 2.11. The number of anilines is 2. The minimum Gasteiger partial charge on any atom is -0.383 e. The van der Waals surface area contributed by atoms with Gasteiger partial charge in [0.1, 0.15) is 5.82 Å². The Balaban J connectivity index is 1.85. The maximum atomic E-state index is 13.4. The van der Waals surface area contributed by atoms with Gasteiger partial charge in [0, 0.05) is 23.6 Å². The van der Waals surface area contributed by atoms with Crippen LogP contribution < -0.4 is 11.5 Å². The molecule has 5 nitrogen and oxygen atoms in total. The van der Waals surface area contributed by atoms with Crippen molar-refractivity contribution in [3.63, 3.8) is 0 Å². The van der Waals surface area contributed by atoms with Gasteiger partial charge in [-0.3, -0.25) is 0 Å². The van der Waals surface area contributed by atoms with E-state index in [0.717, 1.165) is 22.4 Å². The summed E-state index contributed by atoms with van der Waals surface area (Å²) in [5.74, 6) is -1.28. The van der Waals surface area contributed by atoms with Gasteiger partial charge in [0.15, 0.2) is 11.6 Å². The second-order valence-corrected chi connectivity index (χ2v) is 5.55. The fourth-order valence-corrected chi connectivity index (χ4v) is 2.92. The normalized spacial score (nSPS) is 11.4. The number of hydrogen-bond acceptors (Lipinski definition) is 4. The zero-order chi connectivity index (χ0) is 16.8. The van der Waals surface area contributed by atoms with Crippen LogP contribution in [0.3, 0.4) is 0 Å². The van der Waals surface area contributed by atoms with E-state index in [2.05, 4.69) is 9.97 Å². The van der Waals surface area contributed by atoms with Crippen LogP contribution in [0.25, 0.3) is 21.8 Å². The van der Waals surface area contributed by atoms with Crippen LogP contribution in [0.5, 0.6) is 0 Å². The van der Waals surface area contributed by atoms with Crippen LogP contribution in [0.4, 0.5) is 20.5 Å². The lowest BCUT2D eigenvalue weighted by atomic mass is 10.1. The van der Waals surface area contributed by atoms with Crippen molar-refractivity contribution in [2.75, 3.05) is 11.5 Å². The lowest BCUT2D eigenvalue weighted by Crippen LogP contribution is -2.02. The van der Waals surface area contributed by atoms with E-state index in [4.69, 9.17) is 11.5 Å². The third-order valence-corrected chi connectivity index (χ3v) is 3.99. The van der Waals surface area contributed by atoms with Crippen molar-refractivity contribution < 1.29 is 8.78 Å². The highest BCUT2D eigenvalue weighted by molar-refractivity contribution is 6.10. The Labute approximate surface area is 135 Å². The smallest absolute Gasteiger partial charge is 0.222 e. The quantitative estimate of drug-likeness (QED) is 0.593. The Morgan fingerprint density at radius 3 is 2.58 bits per heavy atom. The average molecular weight is 325 g/mol. The molecular formula is C17H13F2N5. The lowest BCUT2D eigenvalue weighted by Gasteiger charge is -2.08. The zero-order valence-corrected chi connectivity index (χ0v) is 12.5. The summed E-state index contributed by atoms with van der Waals surface area (Å²) in [4.78, 5) is 8.20. The molecule has 0 radical (unpaired) electrons. The molecule has 0 aliphatic carbocycles. The Hall–Kier alpha value is -3.22. The van der Waals surface area contributed by atoms with Gasteiger partial charge in [-0.2, -0.15) is 4.98 Å². The molecule has 0 saturated heterocycles. The van der Waals surface area contributed by atoms with E-state index in [0.29, 0.717) is 23.4 Å². The van der Waals surface area contributed by atoms with Gasteiger partial charge in [-0.05, 0) is 35.9 Å². The predicted molar refractivity (Wildman–Crippen MR) is 89.3 cm³/mol. The SMILES string of the molecule is Nc1nc(N)c2c(ccc3c2ccn3Cc2ccc(F)c(F)c2)n1. The highest BCUT2D eigenvalue weighted by atomic mass is 19.2. The van der Waals surface area contributed by atoms with Crippen molar-refractivity contribution in [1.82, 2.24) is 14.5 Å². The first-order valence-electron chi connectivity index (χ1n) is 7.27. The number of fused-ring (bicyclic) bond motifs is 3. The van der Waals surface area contributed by atoms with Crippen molar-refractivity contribution in [3.8, 4) is 0 Å². The lowest BCUT2D eigenvalue weighted by molar-refractivity contribution is 0.506. The zero-order valence-electron chi connectivity index (χ0n) is 12.5. The summed E-state index contributed by atoms with van der Waals surface area (Å²) in [7, 11) is 0. The molecule has 2 aromatic carbocycles. The number of benzene rings is 2. The summed E-state index contributed by atoms with van der Waals surface area (Å²) < 4.78 is 28.4. The Morgan fingerprint density at radius 1 is 0.958 bits per heavy atom. The summed E-state index contributed by atoms with van der Waals surface area (Å²) in [5, 5.41) is 1.61. The number of rotatable bonds is 2. The van der Waals surface area contributed by atoms with Gasteiger partial charge in [0.25, 0.3) is 0 Å². The van der Waals surface area contributed by atoms with Crippen LogP contribution in [-0.2, 0) is 6.54 Å². The summed E-state index contributed by atoms with van der Waals surface area (Å²) in [5.41, 5.74) is 13.8. The second kappa shape index (κ2) is 5.16. The minimum atomic E-state index is -0.859. The van der Waals surface area contributed by atoms with Crippen LogP contribution >= 0.6 is 0 Å². The molecule has 0 aliphatic rings. The largest absolute Gasteiger partial charge is 0.383 e. The van der Waals surface area contributed by atoms with Gasteiger partial charge in [-0.1, -0.05) is 6.07 Å². The molecule has 24 heavy (non-hydrogen) atoms. The van der Waals surface area contributed by atoms with Gasteiger partial charge < -0.3 is 16.0 Å². The first kappa shape index (κ1) is 14.4. The molecule has 0 unspecified atom stereocenters. The molecule has 0 spiro atoms. The molecule has 7 heteroatoms. The van der Waals surface area contributed by atoms with Crippen LogP contribution in [0, 0.1) is 11.6 Å². The molecule has 4 N–H and O–H groups in total. The number of halogens is 2. The van der Waals surface area contributed by atoms with Gasteiger partial charge in [-0.15, -0.1) is 0 Å². The molecule has 4 aromatic rings. The van der Waals surface area contributed by atoms with Crippen LogP contribution in [0.1, 0.15) is 5.56 Å². The summed E-state index contributed by atoms with van der Waals surface area (Å²) >= 11 is 0. The van der Waals surface area contributed by atoms with Crippen LogP contribution in [0.15, 0.2) is 42.6 Å². The monoisotopic (exact) mass is 325 g/mol. The molecule has 0 atom stereocenters. The van der Waals surface area contributed by atoms with Crippen molar-refractivity contribution in [1.29, 1.82) is 0 Å². The van der Waals surface area contributed by atoms with E-state index >= 15 is 0 Å². The first-order valence-corrected chi connectivity index (χ1v) is 7.27. The highest BCUT2D eigenvalue weighted by Crippen LogP contribution is 2.29. The molecule has 120 valence electrons. The third-order valence-electron chi connectivity index (χ3n) is 3.99. The molecular weight excluding hydrogens is 312 g/mol. The molecule has 0 fully saturated rings. The number of nitrogens with two attached hydrogens (primary N) is 2. The molecule has 2 aromatic heterocycles. The van der Waals surface area contributed by atoms with Gasteiger partial charge in [0.05, 0.1) is 10.9 Å². The maximum Gasteiger partial charge on any atom is 0.222 e. The Morgan fingerprint density at radius 2 is 1.79 bits per heavy atom. The Kier molecular flexibility index (Phi) is 3.09. The van der Waals surface area contributed by atoms with Crippen molar-refractivity contribution in [3.05, 3.63) is 59.8 Å². The van der Waals surface area contributed by atoms with E-state index < -0.39 is 11.6 Å². The molecule has 2 heterocycles. The molecule has 4 rings (SSSR count). The maximum absolute atomic E-state index is 13.4. The van der Waals surface area contributed by atoms with Gasteiger partial charge in [-0.25, -0.2) is 13.8 Å². The van der Waals surface area contributed by atoms with E-state index in [1.807, 2.05) is 29.0 Å². The standard InChI is InChI=1S/C17H13F2N5/c18-11-2-1-9(7-12(11)19)8-24-6-5-10-14(24)4-3-13-15(10)16(20)23-17(21)22-13/h1-7H,8H2,(H4,20,21,22,23). The van der Waals surface area contributed by atoms with Crippen molar-refractivity contribution in [2.24, 2.45) is 0 Å². The third kappa shape index (κ3) is 2.21. The molecule has 0 saturated carbocycles. The second-order valence-electron chi connectivity index (χ2n) is 5.55. The van der Waals surface area contributed by atoms with Gasteiger partial charge in [0.2, 0.25) is 5.95 Å². The van der Waals surface area contributed by atoms with Gasteiger partial charge >= 0.3 is 0 Å². The van der Waals surface area contributed by atoms with E-state index in [9.17, 15) is 8.78 Å². The van der Waals surface area contributed by atoms with E-state index in [-0.39, 0.29) is 5.95 Å². The molecule has 0 bridgehead atoms. The number of nitrogen functional groups attached to an aromatic ring is 2.